The van der Waals surface area contributed by atoms with Gasteiger partial charge in [0.15, 0.2) is 5.82 Å². The van der Waals surface area contributed by atoms with E-state index in [0.717, 1.165) is 50.0 Å². The summed E-state index contributed by atoms with van der Waals surface area (Å²) in [5.74, 6) is 0.808. The topological polar surface area (TPSA) is 74.2 Å². The first kappa shape index (κ1) is 19.5. The number of carbonyl (C=O) groups is 1. The van der Waals surface area contributed by atoms with Crippen molar-refractivity contribution in [2.24, 2.45) is 0 Å². The van der Waals surface area contributed by atoms with Crippen LogP contribution in [0.2, 0.25) is 0 Å². The average molecular weight is 398 g/mol. The molecule has 0 unspecified atom stereocenters. The molecule has 0 saturated carbocycles. The summed E-state index contributed by atoms with van der Waals surface area (Å²) in [5.41, 5.74) is 2.74. The third-order valence-corrected chi connectivity index (χ3v) is 5.40. The highest BCUT2D eigenvalue weighted by Crippen LogP contribution is 2.25. The molecule has 0 aliphatic carbocycles. The van der Waals surface area contributed by atoms with Crippen LogP contribution in [0.4, 0.5) is 16.2 Å². The van der Waals surface area contributed by atoms with Gasteiger partial charge in [0.25, 0.3) is 5.91 Å². The fourth-order valence-corrected chi connectivity index (χ4v) is 3.94. The zero-order valence-corrected chi connectivity index (χ0v) is 17.0. The number of hydrogen-bond acceptors (Lipinski definition) is 6. The van der Waals surface area contributed by atoms with Crippen molar-refractivity contribution in [3.8, 4) is 0 Å². The first-order valence-corrected chi connectivity index (χ1v) is 10.3. The van der Waals surface area contributed by atoms with Gasteiger partial charge in [0.2, 0.25) is 5.95 Å². The third kappa shape index (κ3) is 4.31. The molecule has 2 aromatic rings. The Labute approximate surface area is 170 Å². The molecule has 0 aromatic carbocycles. The maximum absolute atomic E-state index is 13.1. The van der Waals surface area contributed by atoms with Gasteiger partial charge < -0.3 is 15.1 Å². The van der Waals surface area contributed by atoms with Crippen LogP contribution in [0.5, 0.6) is 0 Å². The molecule has 0 atom stereocenters. The van der Waals surface area contributed by atoms with Gasteiger partial charge in [0.1, 0.15) is 5.82 Å². The molecule has 2 aromatic heterocycles. The summed E-state index contributed by atoms with van der Waals surface area (Å²) < 4.78 is 13.1. The number of carbonyl (C=O) groups excluding carboxylic acids is 1. The van der Waals surface area contributed by atoms with E-state index in [1.54, 1.807) is 0 Å². The fourth-order valence-electron chi connectivity index (χ4n) is 3.94. The molecule has 2 aliphatic rings. The lowest BCUT2D eigenvalue weighted by molar-refractivity contribution is 0.0793. The van der Waals surface area contributed by atoms with Crippen LogP contribution >= 0.6 is 0 Å². The highest BCUT2D eigenvalue weighted by atomic mass is 19.1. The first-order chi connectivity index (χ1) is 14.0. The van der Waals surface area contributed by atoms with Crippen molar-refractivity contribution in [2.75, 3.05) is 36.4 Å². The van der Waals surface area contributed by atoms with Crippen LogP contribution in [0.1, 0.15) is 48.3 Å². The first-order valence-electron chi connectivity index (χ1n) is 10.3. The number of amides is 1. The minimum atomic E-state index is -0.442. The number of pyridine rings is 1. The van der Waals surface area contributed by atoms with Crippen LogP contribution < -0.4 is 10.2 Å². The quantitative estimate of drug-likeness (QED) is 0.854. The lowest BCUT2D eigenvalue weighted by Crippen LogP contribution is -2.29. The highest BCUT2D eigenvalue weighted by Gasteiger charge is 2.26. The lowest BCUT2D eigenvalue weighted by Gasteiger charge is -2.21. The summed E-state index contributed by atoms with van der Waals surface area (Å²) in [5, 5.41) is 3.36. The molecule has 1 N–H and O–H groups in total. The normalized spacial score (nSPS) is 16.7. The van der Waals surface area contributed by atoms with Crippen molar-refractivity contribution in [3.05, 3.63) is 41.1 Å². The predicted molar refractivity (Wildman–Crippen MR) is 110 cm³/mol. The number of nitrogens with zero attached hydrogens (tertiary/aromatic N) is 5. The Morgan fingerprint density at radius 2 is 1.79 bits per heavy atom. The number of halogens is 1. The second-order valence-electron chi connectivity index (χ2n) is 7.98. The van der Waals surface area contributed by atoms with Crippen LogP contribution in [0.15, 0.2) is 18.5 Å². The van der Waals surface area contributed by atoms with E-state index >= 15 is 0 Å². The van der Waals surface area contributed by atoms with Crippen LogP contribution in [0.25, 0.3) is 0 Å². The minimum Gasteiger partial charge on any atom is -0.367 e. The molecule has 4 rings (SSSR count). The number of hydrogen-bond donors (Lipinski definition) is 1. The Morgan fingerprint density at radius 1 is 1.10 bits per heavy atom. The van der Waals surface area contributed by atoms with E-state index in [9.17, 15) is 9.18 Å². The van der Waals surface area contributed by atoms with Crippen molar-refractivity contribution >= 4 is 17.7 Å². The van der Waals surface area contributed by atoms with Crippen molar-refractivity contribution in [1.29, 1.82) is 0 Å². The number of nitrogens with one attached hydrogen (secondary N) is 1. The van der Waals surface area contributed by atoms with Crippen LogP contribution in [-0.4, -0.2) is 58.0 Å². The molecule has 29 heavy (non-hydrogen) atoms. The van der Waals surface area contributed by atoms with E-state index in [4.69, 9.17) is 4.98 Å². The van der Waals surface area contributed by atoms with Gasteiger partial charge in [-0.3, -0.25) is 4.79 Å². The Bertz CT molecular complexity index is 879. The van der Waals surface area contributed by atoms with Gasteiger partial charge in [-0.25, -0.2) is 19.3 Å². The van der Waals surface area contributed by atoms with Gasteiger partial charge in [-0.1, -0.05) is 0 Å². The second kappa shape index (κ2) is 8.31. The maximum atomic E-state index is 13.1. The van der Waals surface area contributed by atoms with Gasteiger partial charge in [-0.05, 0) is 44.7 Å². The summed E-state index contributed by atoms with van der Waals surface area (Å²) in [6, 6.07) is 2.20. The van der Waals surface area contributed by atoms with E-state index in [1.165, 1.54) is 12.4 Å². The molecule has 0 radical (unpaired) electrons. The Kier molecular flexibility index (Phi) is 5.60. The number of anilines is 2. The second-order valence-corrected chi connectivity index (χ2v) is 7.98. The molecule has 0 spiro atoms. The van der Waals surface area contributed by atoms with Crippen molar-refractivity contribution in [2.45, 2.75) is 45.6 Å². The largest absolute Gasteiger partial charge is 0.367 e. The van der Waals surface area contributed by atoms with Crippen molar-refractivity contribution in [3.63, 3.8) is 0 Å². The van der Waals surface area contributed by atoms with Crippen molar-refractivity contribution in [1.82, 2.24) is 19.9 Å². The van der Waals surface area contributed by atoms with Crippen LogP contribution in [-0.2, 0) is 12.8 Å². The Balaban J connectivity index is 1.62. The number of rotatable bonds is 4. The molecule has 4 heterocycles. The molecule has 2 aliphatic heterocycles. The summed E-state index contributed by atoms with van der Waals surface area (Å²) in [7, 11) is 0. The van der Waals surface area contributed by atoms with Gasteiger partial charge in [0, 0.05) is 44.3 Å². The monoisotopic (exact) mass is 398 g/mol. The van der Waals surface area contributed by atoms with E-state index in [0.29, 0.717) is 30.4 Å². The summed E-state index contributed by atoms with van der Waals surface area (Å²) >= 11 is 0. The zero-order chi connectivity index (χ0) is 20.4. The summed E-state index contributed by atoms with van der Waals surface area (Å²) in [6.45, 7) is 7.12. The smallest absolute Gasteiger partial charge is 0.257 e. The SMILES string of the molecule is CC(C)Nc1nc2c(cc1C(=O)N1CCCC1)CCN(c1ncc(F)cn1)CC2. The van der Waals surface area contributed by atoms with Crippen LogP contribution in [0, 0.1) is 5.82 Å². The zero-order valence-electron chi connectivity index (χ0n) is 17.0. The number of aromatic nitrogens is 3. The average Bonchev–Trinajstić information content (AvgIpc) is 3.16. The fraction of sp³-hybridized carbons (Fsp3) is 0.524. The molecule has 0 bridgehead atoms. The van der Waals surface area contributed by atoms with Crippen molar-refractivity contribution < 1.29 is 9.18 Å². The predicted octanol–water partition coefficient (Wildman–Crippen LogP) is 2.67. The summed E-state index contributed by atoms with van der Waals surface area (Å²) in [4.78, 5) is 30.2. The molecular weight excluding hydrogens is 371 g/mol. The molecule has 8 heteroatoms. The number of fused-ring (bicyclic) bond motifs is 1. The molecule has 154 valence electrons. The Hall–Kier alpha value is -2.77. The third-order valence-electron chi connectivity index (χ3n) is 5.40. The molecule has 1 amide bonds. The Morgan fingerprint density at radius 3 is 2.48 bits per heavy atom. The van der Waals surface area contributed by atoms with E-state index in [-0.39, 0.29) is 11.9 Å². The van der Waals surface area contributed by atoms with E-state index in [2.05, 4.69) is 15.3 Å². The highest BCUT2D eigenvalue weighted by molar-refractivity contribution is 5.99. The van der Waals surface area contributed by atoms with Gasteiger partial charge in [0.05, 0.1) is 18.0 Å². The van der Waals surface area contributed by atoms with Gasteiger partial charge in [-0.15, -0.1) is 0 Å². The van der Waals surface area contributed by atoms with Gasteiger partial charge >= 0.3 is 0 Å². The van der Waals surface area contributed by atoms with Crippen LogP contribution in [0.3, 0.4) is 0 Å². The number of likely N-dealkylation sites (tertiary alicyclic amines) is 1. The molecule has 1 fully saturated rings. The standard InChI is InChI=1S/C21H27FN6O/c1-14(2)25-19-17(20(29)27-7-3-4-8-27)11-15-5-9-28(10-6-18(15)26-19)21-23-12-16(22)13-24-21/h11-14H,3-10H2,1-2H3,(H,25,26). The molecule has 7 nitrogen and oxygen atoms in total. The minimum absolute atomic E-state index is 0.0592. The lowest BCUT2D eigenvalue weighted by atomic mass is 10.0. The van der Waals surface area contributed by atoms with E-state index in [1.807, 2.05) is 29.7 Å². The summed E-state index contributed by atoms with van der Waals surface area (Å²) in [6.07, 6.45) is 5.96. The maximum Gasteiger partial charge on any atom is 0.257 e. The van der Waals surface area contributed by atoms with Gasteiger partial charge in [-0.2, -0.15) is 0 Å². The molecule has 1 saturated heterocycles. The van der Waals surface area contributed by atoms with E-state index < -0.39 is 5.82 Å². The molecular formula is C21H27FN6O.